The number of rotatable bonds is 5. The Morgan fingerprint density at radius 1 is 1.03 bits per heavy atom. The molecule has 0 aromatic rings. The second-order valence-electron chi connectivity index (χ2n) is 12.4. The average molecular weight is 431 g/mol. The van der Waals surface area contributed by atoms with Crippen LogP contribution in [0.3, 0.4) is 0 Å². The molecule has 0 aliphatic heterocycles. The topological polar surface area (TPSA) is 0 Å². The molecule has 1 heteroatoms. The van der Waals surface area contributed by atoms with Crippen LogP contribution in [0.5, 0.6) is 0 Å². The second-order valence-corrected chi connectivity index (χ2v) is 13.0. The van der Waals surface area contributed by atoms with Gasteiger partial charge in [-0.05, 0) is 110 Å². The van der Waals surface area contributed by atoms with Crippen LogP contribution in [0.15, 0.2) is 23.8 Å². The lowest BCUT2D eigenvalue weighted by atomic mass is 9.47. The third kappa shape index (κ3) is 3.76. The molecule has 4 aliphatic carbocycles. The molecular weight excluding hydrogens is 384 g/mol. The summed E-state index contributed by atoms with van der Waals surface area (Å²) in [6, 6.07) is 0. The SMILES string of the molecule is CC[C@@H](/C=C\[C@H](C)[C@@H]1CC[C@@H]2[C@H]3CC=C4C[C@@H](Cl)CC[C@]4(C)[C@@H]3CC[C@@]21C)C(C)C. The lowest BCUT2D eigenvalue weighted by molar-refractivity contribution is -0.0460. The summed E-state index contributed by atoms with van der Waals surface area (Å²) in [4.78, 5) is 0. The molecule has 30 heavy (non-hydrogen) atoms. The maximum atomic E-state index is 6.57. The third-order valence-electron chi connectivity index (χ3n) is 10.7. The summed E-state index contributed by atoms with van der Waals surface area (Å²) >= 11 is 6.57. The fourth-order valence-corrected chi connectivity index (χ4v) is 9.08. The molecule has 0 radical (unpaired) electrons. The predicted molar refractivity (Wildman–Crippen MR) is 132 cm³/mol. The molecule has 0 bridgehead atoms. The average Bonchev–Trinajstić information content (AvgIpc) is 3.06. The Labute approximate surface area is 192 Å². The number of alkyl halides is 1. The van der Waals surface area contributed by atoms with Crippen LogP contribution in [0.1, 0.15) is 99.3 Å². The Bertz CT molecular complexity index is 674. The first kappa shape index (κ1) is 22.9. The van der Waals surface area contributed by atoms with E-state index in [0.29, 0.717) is 16.2 Å². The molecule has 0 saturated heterocycles. The normalized spacial score (nSPS) is 45.6. The summed E-state index contributed by atoms with van der Waals surface area (Å²) in [6.45, 7) is 14.9. The number of fused-ring (bicyclic) bond motifs is 5. The van der Waals surface area contributed by atoms with E-state index in [-0.39, 0.29) is 0 Å². The Morgan fingerprint density at radius 2 is 1.80 bits per heavy atom. The summed E-state index contributed by atoms with van der Waals surface area (Å²) in [5.74, 6) is 5.87. The lowest BCUT2D eigenvalue weighted by Crippen LogP contribution is -2.50. The Kier molecular flexibility index (Phi) is 6.58. The zero-order valence-electron chi connectivity index (χ0n) is 20.6. The monoisotopic (exact) mass is 430 g/mol. The Morgan fingerprint density at radius 3 is 2.50 bits per heavy atom. The van der Waals surface area contributed by atoms with Gasteiger partial charge in [0.15, 0.2) is 0 Å². The molecule has 4 rings (SSSR count). The van der Waals surface area contributed by atoms with Crippen LogP contribution in [-0.2, 0) is 0 Å². The van der Waals surface area contributed by atoms with Gasteiger partial charge in [-0.25, -0.2) is 0 Å². The number of hydrogen-bond donors (Lipinski definition) is 0. The summed E-state index contributed by atoms with van der Waals surface area (Å²) in [5.41, 5.74) is 2.73. The lowest BCUT2D eigenvalue weighted by Gasteiger charge is -2.58. The molecule has 0 unspecified atom stereocenters. The van der Waals surface area contributed by atoms with Crippen LogP contribution < -0.4 is 0 Å². The van der Waals surface area contributed by atoms with Crippen LogP contribution in [0.2, 0.25) is 0 Å². The quantitative estimate of drug-likeness (QED) is 0.301. The van der Waals surface area contributed by atoms with E-state index in [2.05, 4.69) is 59.8 Å². The first-order valence-corrected chi connectivity index (χ1v) is 13.7. The first-order valence-electron chi connectivity index (χ1n) is 13.2. The second kappa shape index (κ2) is 8.61. The van der Waals surface area contributed by atoms with Gasteiger partial charge in [0.2, 0.25) is 0 Å². The van der Waals surface area contributed by atoms with Crippen LogP contribution in [0, 0.1) is 52.3 Å². The molecule has 0 heterocycles. The van der Waals surface area contributed by atoms with E-state index in [4.69, 9.17) is 11.6 Å². The highest BCUT2D eigenvalue weighted by molar-refractivity contribution is 6.20. The Balaban J connectivity index is 1.52. The van der Waals surface area contributed by atoms with E-state index >= 15 is 0 Å². The van der Waals surface area contributed by atoms with Crippen molar-refractivity contribution in [2.24, 2.45) is 52.3 Å². The summed E-state index contributed by atoms with van der Waals surface area (Å²) in [7, 11) is 0. The Hall–Kier alpha value is -0.230. The van der Waals surface area contributed by atoms with Crippen LogP contribution in [0.4, 0.5) is 0 Å². The highest BCUT2D eigenvalue weighted by Gasteiger charge is 2.58. The molecule has 3 fully saturated rings. The highest BCUT2D eigenvalue weighted by atomic mass is 35.5. The minimum atomic E-state index is 0.385. The minimum absolute atomic E-state index is 0.385. The van der Waals surface area contributed by atoms with Crippen molar-refractivity contribution < 1.29 is 0 Å². The minimum Gasteiger partial charge on any atom is -0.123 e. The summed E-state index contributed by atoms with van der Waals surface area (Å²) in [6.07, 6.45) is 20.0. The van der Waals surface area contributed by atoms with E-state index in [0.717, 1.165) is 47.8 Å². The van der Waals surface area contributed by atoms with Gasteiger partial charge in [-0.3, -0.25) is 0 Å². The van der Waals surface area contributed by atoms with Gasteiger partial charge in [-0.15, -0.1) is 11.6 Å². The summed E-state index contributed by atoms with van der Waals surface area (Å²) in [5, 5.41) is 0.385. The maximum Gasteiger partial charge on any atom is 0.0373 e. The van der Waals surface area contributed by atoms with Crippen molar-refractivity contribution >= 4 is 11.6 Å². The predicted octanol–water partition coefficient (Wildman–Crippen LogP) is 9.05. The highest BCUT2D eigenvalue weighted by Crippen LogP contribution is 2.67. The van der Waals surface area contributed by atoms with Crippen LogP contribution in [0.25, 0.3) is 0 Å². The zero-order valence-corrected chi connectivity index (χ0v) is 21.3. The van der Waals surface area contributed by atoms with Gasteiger partial charge in [-0.1, -0.05) is 65.3 Å². The first-order chi connectivity index (χ1) is 14.2. The van der Waals surface area contributed by atoms with Gasteiger partial charge in [0, 0.05) is 5.38 Å². The molecule has 170 valence electrons. The van der Waals surface area contributed by atoms with Gasteiger partial charge >= 0.3 is 0 Å². The van der Waals surface area contributed by atoms with E-state index in [1.165, 1.54) is 51.4 Å². The van der Waals surface area contributed by atoms with Crippen molar-refractivity contribution in [1.29, 1.82) is 0 Å². The van der Waals surface area contributed by atoms with Gasteiger partial charge in [0.1, 0.15) is 0 Å². The molecule has 9 atom stereocenters. The van der Waals surface area contributed by atoms with Crippen molar-refractivity contribution in [3.8, 4) is 0 Å². The van der Waals surface area contributed by atoms with Gasteiger partial charge < -0.3 is 0 Å². The largest absolute Gasteiger partial charge is 0.123 e. The van der Waals surface area contributed by atoms with Crippen molar-refractivity contribution in [3.05, 3.63) is 23.8 Å². The van der Waals surface area contributed by atoms with E-state index in [9.17, 15) is 0 Å². The zero-order chi connectivity index (χ0) is 21.7. The fourth-order valence-electron chi connectivity index (χ4n) is 8.80. The molecule has 0 N–H and O–H groups in total. The van der Waals surface area contributed by atoms with Crippen molar-refractivity contribution in [1.82, 2.24) is 0 Å². The molecule has 0 nitrogen and oxygen atoms in total. The summed E-state index contributed by atoms with van der Waals surface area (Å²) < 4.78 is 0. The maximum absolute atomic E-state index is 6.57. The molecule has 4 aliphatic rings. The van der Waals surface area contributed by atoms with E-state index < -0.39 is 0 Å². The smallest absolute Gasteiger partial charge is 0.0373 e. The fraction of sp³-hybridized carbons (Fsp3) is 0.862. The molecule has 0 aromatic carbocycles. The molecule has 3 saturated carbocycles. The van der Waals surface area contributed by atoms with E-state index in [1.807, 2.05) is 0 Å². The molecule has 0 spiro atoms. The van der Waals surface area contributed by atoms with E-state index in [1.54, 1.807) is 5.57 Å². The van der Waals surface area contributed by atoms with Gasteiger partial charge in [0.25, 0.3) is 0 Å². The molecule has 0 aromatic heterocycles. The third-order valence-corrected chi connectivity index (χ3v) is 11.1. The molecular formula is C29H47Cl. The standard InChI is InChI=1S/C29H47Cl/c1-7-21(19(2)3)9-8-20(4)25-12-13-26-24-11-10-22-18-23(30)14-16-28(22,5)27(24)15-17-29(25,26)6/h8-10,19-21,23-27H,7,11-18H2,1-6H3/b9-8-/t20-,21-,23-,24+,25-,26+,27+,28-,29+/m0/s1. The van der Waals surface area contributed by atoms with Gasteiger partial charge in [0.05, 0.1) is 0 Å². The van der Waals surface area contributed by atoms with Crippen molar-refractivity contribution in [3.63, 3.8) is 0 Å². The number of halogens is 1. The van der Waals surface area contributed by atoms with Gasteiger partial charge in [-0.2, -0.15) is 0 Å². The van der Waals surface area contributed by atoms with Crippen molar-refractivity contribution in [2.45, 2.75) is 105 Å². The number of allylic oxidation sites excluding steroid dienone is 4. The number of hydrogen-bond acceptors (Lipinski definition) is 0. The van der Waals surface area contributed by atoms with Crippen LogP contribution >= 0.6 is 11.6 Å². The molecule has 0 amide bonds. The van der Waals surface area contributed by atoms with Crippen molar-refractivity contribution in [2.75, 3.05) is 0 Å². The van der Waals surface area contributed by atoms with Crippen LogP contribution in [-0.4, -0.2) is 5.38 Å².